The van der Waals surface area contributed by atoms with E-state index < -0.39 is 0 Å². The van der Waals surface area contributed by atoms with Gasteiger partial charge in [-0.1, -0.05) is 0 Å². The molecule has 2 heterocycles. The van der Waals surface area contributed by atoms with Gasteiger partial charge in [0, 0.05) is 17.6 Å². The van der Waals surface area contributed by atoms with Gasteiger partial charge in [-0.05, 0) is 6.92 Å². The van der Waals surface area contributed by atoms with Crippen molar-refractivity contribution in [2.24, 2.45) is 0 Å². The van der Waals surface area contributed by atoms with E-state index in [0.29, 0.717) is 0 Å². The molecule has 0 aromatic carbocycles. The van der Waals surface area contributed by atoms with Gasteiger partial charge >= 0.3 is 0 Å². The predicted octanol–water partition coefficient (Wildman–Crippen LogP) is 1.21. The Kier molecular flexibility index (Phi) is 2.73. The summed E-state index contributed by atoms with van der Waals surface area (Å²) in [4.78, 5) is 9.29. The van der Waals surface area contributed by atoms with Gasteiger partial charge < -0.3 is 5.32 Å². The van der Waals surface area contributed by atoms with Crippen molar-refractivity contribution in [1.29, 1.82) is 0 Å². The van der Waals surface area contributed by atoms with E-state index in [1.54, 1.807) is 22.3 Å². The summed E-state index contributed by atoms with van der Waals surface area (Å²) in [5.41, 5.74) is 0. The third kappa shape index (κ3) is 2.08. The van der Waals surface area contributed by atoms with Crippen LogP contribution in [0, 0.1) is 0 Å². The second kappa shape index (κ2) is 4.19. The lowest BCUT2D eigenvalue weighted by Crippen LogP contribution is -1.97. The van der Waals surface area contributed by atoms with E-state index in [0.717, 1.165) is 18.2 Å². The van der Waals surface area contributed by atoms with Crippen molar-refractivity contribution < 1.29 is 0 Å². The first-order valence-corrected chi connectivity index (χ1v) is 5.21. The minimum absolute atomic E-state index is 0.739. The Hall–Kier alpha value is -1.43. The minimum atomic E-state index is 0.739. The molecule has 6 heteroatoms. The van der Waals surface area contributed by atoms with Crippen molar-refractivity contribution in [2.45, 2.75) is 13.5 Å². The molecule has 0 radical (unpaired) electrons. The molecule has 0 amide bonds. The van der Waals surface area contributed by atoms with Crippen LogP contribution in [0.3, 0.4) is 0 Å². The number of nitrogens with zero attached hydrogens (tertiary/aromatic N) is 4. The first kappa shape index (κ1) is 9.14. The Bertz CT molecular complexity index is 380. The van der Waals surface area contributed by atoms with Gasteiger partial charge in [0.2, 0.25) is 0 Å². The van der Waals surface area contributed by atoms with Crippen molar-refractivity contribution in [3.63, 3.8) is 0 Å². The average Bonchev–Trinajstić information content (AvgIpc) is 2.79. The quantitative estimate of drug-likeness (QED) is 0.822. The second-order valence-electron chi connectivity index (χ2n) is 2.76. The van der Waals surface area contributed by atoms with Gasteiger partial charge in [0.15, 0.2) is 5.13 Å². The minimum Gasteiger partial charge on any atom is -0.362 e. The smallest absolute Gasteiger partial charge is 0.182 e. The van der Waals surface area contributed by atoms with E-state index in [-0.39, 0.29) is 0 Å². The molecule has 0 fully saturated rings. The molecule has 1 N–H and O–H groups in total. The summed E-state index contributed by atoms with van der Waals surface area (Å²) in [6, 6.07) is 0. The molecule has 0 aliphatic heterocycles. The second-order valence-corrected chi connectivity index (χ2v) is 3.87. The highest BCUT2D eigenvalue weighted by molar-refractivity contribution is 7.15. The number of aromatic nitrogens is 4. The first-order valence-electron chi connectivity index (χ1n) is 4.39. The highest BCUT2D eigenvalue weighted by Crippen LogP contribution is 2.18. The largest absolute Gasteiger partial charge is 0.362 e. The van der Waals surface area contributed by atoms with Crippen LogP contribution in [-0.4, -0.2) is 26.3 Å². The van der Waals surface area contributed by atoms with Crippen molar-refractivity contribution in [3.05, 3.63) is 23.7 Å². The summed E-state index contributed by atoms with van der Waals surface area (Å²) in [7, 11) is 0. The third-order valence-corrected chi connectivity index (χ3v) is 2.61. The van der Waals surface area contributed by atoms with Crippen LogP contribution in [-0.2, 0) is 6.54 Å². The topological polar surface area (TPSA) is 55.6 Å². The summed E-state index contributed by atoms with van der Waals surface area (Å²) in [5, 5.41) is 8.16. The molecule has 0 atom stereocenters. The Morgan fingerprint density at radius 2 is 2.50 bits per heavy atom. The fourth-order valence-corrected chi connectivity index (χ4v) is 1.96. The highest BCUT2D eigenvalue weighted by Gasteiger charge is 2.01. The molecular weight excluding hydrogens is 198 g/mol. The van der Waals surface area contributed by atoms with Crippen molar-refractivity contribution >= 4 is 16.5 Å². The Balaban J connectivity index is 2.03. The molecule has 0 bridgehead atoms. The first-order chi connectivity index (χ1) is 6.88. The number of hydrogen-bond donors (Lipinski definition) is 1. The number of hydrogen-bond acceptors (Lipinski definition) is 5. The SMILES string of the molecule is CCNc1ncc(Cn2cncn2)s1. The molecule has 2 aromatic heterocycles. The number of nitrogens with one attached hydrogen (secondary N) is 1. The number of anilines is 1. The molecular formula is C8H11N5S. The summed E-state index contributed by atoms with van der Waals surface area (Å²) >= 11 is 1.64. The maximum atomic E-state index is 4.23. The molecule has 0 aliphatic carbocycles. The Labute approximate surface area is 85.8 Å². The molecule has 2 rings (SSSR count). The normalized spacial score (nSPS) is 10.4. The monoisotopic (exact) mass is 209 g/mol. The van der Waals surface area contributed by atoms with Crippen LogP contribution in [0.4, 0.5) is 5.13 Å². The van der Waals surface area contributed by atoms with Gasteiger partial charge in [-0.2, -0.15) is 5.10 Å². The third-order valence-electron chi connectivity index (χ3n) is 1.67. The molecule has 5 nitrogen and oxygen atoms in total. The van der Waals surface area contributed by atoms with Crippen LogP contribution in [0.5, 0.6) is 0 Å². The van der Waals surface area contributed by atoms with Crippen LogP contribution in [0.15, 0.2) is 18.9 Å². The maximum absolute atomic E-state index is 4.23. The van der Waals surface area contributed by atoms with Gasteiger partial charge in [0.1, 0.15) is 12.7 Å². The number of rotatable bonds is 4. The van der Waals surface area contributed by atoms with Crippen molar-refractivity contribution in [1.82, 2.24) is 19.7 Å². The van der Waals surface area contributed by atoms with Crippen molar-refractivity contribution in [3.8, 4) is 0 Å². The average molecular weight is 209 g/mol. The van der Waals surface area contributed by atoms with Crippen LogP contribution >= 0.6 is 11.3 Å². The fraction of sp³-hybridized carbons (Fsp3) is 0.375. The number of thiazole rings is 1. The van der Waals surface area contributed by atoms with Crippen molar-refractivity contribution in [2.75, 3.05) is 11.9 Å². The van der Waals surface area contributed by atoms with E-state index in [4.69, 9.17) is 0 Å². The van der Waals surface area contributed by atoms with E-state index in [1.807, 2.05) is 6.20 Å². The molecule has 14 heavy (non-hydrogen) atoms. The van der Waals surface area contributed by atoms with Crippen LogP contribution < -0.4 is 5.32 Å². The van der Waals surface area contributed by atoms with Gasteiger partial charge in [0.05, 0.1) is 6.54 Å². The van der Waals surface area contributed by atoms with E-state index in [9.17, 15) is 0 Å². The Morgan fingerprint density at radius 1 is 1.57 bits per heavy atom. The van der Waals surface area contributed by atoms with Gasteiger partial charge in [-0.15, -0.1) is 11.3 Å². The lowest BCUT2D eigenvalue weighted by molar-refractivity contribution is 0.692. The zero-order chi connectivity index (χ0) is 9.80. The molecule has 0 saturated heterocycles. The summed E-state index contributed by atoms with van der Waals surface area (Å²) < 4.78 is 1.78. The van der Waals surface area contributed by atoms with E-state index in [1.165, 1.54) is 11.2 Å². The highest BCUT2D eigenvalue weighted by atomic mass is 32.1. The summed E-state index contributed by atoms with van der Waals surface area (Å²) in [6.45, 7) is 3.69. The maximum Gasteiger partial charge on any atom is 0.182 e. The molecule has 0 unspecified atom stereocenters. The zero-order valence-electron chi connectivity index (χ0n) is 7.84. The summed E-state index contributed by atoms with van der Waals surface area (Å²) in [5.74, 6) is 0. The molecule has 2 aromatic rings. The van der Waals surface area contributed by atoms with Crippen LogP contribution in [0.25, 0.3) is 0 Å². The Morgan fingerprint density at radius 3 is 3.21 bits per heavy atom. The lowest BCUT2D eigenvalue weighted by Gasteiger charge is -1.95. The van der Waals surface area contributed by atoms with Gasteiger partial charge in [-0.3, -0.25) is 0 Å². The van der Waals surface area contributed by atoms with Crippen LogP contribution in [0.1, 0.15) is 11.8 Å². The van der Waals surface area contributed by atoms with Gasteiger partial charge in [-0.25, -0.2) is 14.6 Å². The molecule has 0 saturated carbocycles. The molecule has 0 spiro atoms. The van der Waals surface area contributed by atoms with E-state index in [2.05, 4.69) is 27.3 Å². The van der Waals surface area contributed by atoms with Crippen LogP contribution in [0.2, 0.25) is 0 Å². The summed E-state index contributed by atoms with van der Waals surface area (Å²) in [6.07, 6.45) is 5.10. The van der Waals surface area contributed by atoms with E-state index >= 15 is 0 Å². The molecule has 0 aliphatic rings. The zero-order valence-corrected chi connectivity index (χ0v) is 8.66. The lowest BCUT2D eigenvalue weighted by atomic mass is 10.5. The standard InChI is InChI=1S/C8H11N5S/c1-2-10-8-11-3-7(14-8)4-13-6-9-5-12-13/h3,5-6H,2,4H2,1H3,(H,10,11). The fourth-order valence-electron chi connectivity index (χ4n) is 1.09. The molecule has 74 valence electrons. The van der Waals surface area contributed by atoms with Gasteiger partial charge in [0.25, 0.3) is 0 Å². The predicted molar refractivity (Wildman–Crippen MR) is 55.4 cm³/mol.